The van der Waals surface area contributed by atoms with Crippen LogP contribution in [0.2, 0.25) is 5.02 Å². The van der Waals surface area contributed by atoms with Gasteiger partial charge in [0, 0.05) is 24.0 Å². The van der Waals surface area contributed by atoms with Gasteiger partial charge in [0.15, 0.2) is 0 Å². The van der Waals surface area contributed by atoms with E-state index in [0.717, 1.165) is 11.3 Å². The Balaban J connectivity index is 1.66. The quantitative estimate of drug-likeness (QED) is 0.319. The van der Waals surface area contributed by atoms with Crippen LogP contribution < -0.4 is 9.80 Å². The summed E-state index contributed by atoms with van der Waals surface area (Å²) in [4.78, 5) is 49.4. The van der Waals surface area contributed by atoms with Crippen LogP contribution in [-0.2, 0) is 14.4 Å². The maximum absolute atomic E-state index is 15.1. The van der Waals surface area contributed by atoms with Crippen LogP contribution >= 0.6 is 23.4 Å². The standard InChI is InChI=1S/C35H42ClN3O4S/c1-7-17-37(24-14-10-9-11-15-24)32(41)28-27-19-23(6)35(44-27)29(28)33(42)39(26(20-40)21(3)4)31(35)34(43)38(18-8-2)30-22(5)13-12-16-25(30)36/h7-16,21,23,26-29,31,40H,1-2,17-20H2,3-6H3/t23?,26-,27-,28+,29-,31?,35?/m0/s1. The Morgan fingerprint density at radius 1 is 1.09 bits per heavy atom. The Morgan fingerprint density at radius 3 is 2.34 bits per heavy atom. The number of halogens is 1. The fraction of sp³-hybridized carbons (Fsp3) is 0.457. The van der Waals surface area contributed by atoms with Crippen LogP contribution in [0.1, 0.15) is 32.8 Å². The molecule has 2 bridgehead atoms. The molecule has 0 aliphatic carbocycles. The van der Waals surface area contributed by atoms with Gasteiger partial charge in [-0.25, -0.2) is 0 Å². The minimum atomic E-state index is -0.900. The number of para-hydroxylation sites is 2. The van der Waals surface area contributed by atoms with E-state index in [9.17, 15) is 14.7 Å². The van der Waals surface area contributed by atoms with E-state index in [4.69, 9.17) is 11.6 Å². The highest BCUT2D eigenvalue weighted by Gasteiger charge is 2.77. The van der Waals surface area contributed by atoms with Gasteiger partial charge in [-0.05, 0) is 48.9 Å². The second-order valence-corrected chi connectivity index (χ2v) is 14.5. The molecule has 1 N–H and O–H groups in total. The van der Waals surface area contributed by atoms with E-state index in [2.05, 4.69) is 20.1 Å². The molecule has 3 aliphatic heterocycles. The monoisotopic (exact) mass is 635 g/mol. The summed E-state index contributed by atoms with van der Waals surface area (Å²) in [5.74, 6) is -2.13. The first kappa shape index (κ1) is 32.3. The summed E-state index contributed by atoms with van der Waals surface area (Å²) in [5, 5.41) is 11.0. The first-order valence-corrected chi connectivity index (χ1v) is 16.6. The number of aliphatic hydroxyl groups is 1. The highest BCUT2D eigenvalue weighted by molar-refractivity contribution is 8.02. The molecule has 3 unspecified atom stereocenters. The van der Waals surface area contributed by atoms with E-state index >= 15 is 4.79 Å². The summed E-state index contributed by atoms with van der Waals surface area (Å²) >= 11 is 8.33. The molecule has 5 rings (SSSR count). The second-order valence-electron chi connectivity index (χ2n) is 12.5. The largest absolute Gasteiger partial charge is 0.394 e. The van der Waals surface area contributed by atoms with Crippen molar-refractivity contribution >= 4 is 52.5 Å². The number of amides is 3. The minimum absolute atomic E-state index is 0.0246. The third kappa shape index (κ3) is 4.99. The molecule has 7 atom stereocenters. The zero-order valence-corrected chi connectivity index (χ0v) is 27.4. The van der Waals surface area contributed by atoms with Crippen molar-refractivity contribution in [3.05, 3.63) is 84.4 Å². The zero-order chi connectivity index (χ0) is 31.9. The van der Waals surface area contributed by atoms with Crippen LogP contribution in [0.25, 0.3) is 0 Å². The fourth-order valence-corrected chi connectivity index (χ4v) is 10.5. The number of anilines is 2. The highest BCUT2D eigenvalue weighted by Crippen LogP contribution is 2.69. The number of carbonyl (C=O) groups is 3. The van der Waals surface area contributed by atoms with Crippen LogP contribution in [0.3, 0.4) is 0 Å². The van der Waals surface area contributed by atoms with E-state index < -0.39 is 28.7 Å². The van der Waals surface area contributed by atoms with E-state index in [1.807, 2.05) is 63.2 Å². The molecule has 3 fully saturated rings. The molecule has 0 radical (unpaired) electrons. The van der Waals surface area contributed by atoms with E-state index in [-0.39, 0.29) is 48.0 Å². The first-order valence-electron chi connectivity index (χ1n) is 15.3. The summed E-state index contributed by atoms with van der Waals surface area (Å²) in [6.45, 7) is 15.9. The number of aryl methyl sites for hydroxylation is 1. The molecule has 3 heterocycles. The number of hydrogen-bond acceptors (Lipinski definition) is 5. The lowest BCUT2D eigenvalue weighted by molar-refractivity contribution is -0.142. The summed E-state index contributed by atoms with van der Waals surface area (Å²) in [6, 6.07) is 13.4. The highest BCUT2D eigenvalue weighted by atomic mass is 35.5. The maximum Gasteiger partial charge on any atom is 0.251 e. The van der Waals surface area contributed by atoms with Crippen molar-refractivity contribution < 1.29 is 19.5 Å². The zero-order valence-electron chi connectivity index (χ0n) is 25.9. The van der Waals surface area contributed by atoms with Gasteiger partial charge >= 0.3 is 0 Å². The molecule has 1 spiro atoms. The number of aliphatic hydroxyl groups excluding tert-OH is 1. The van der Waals surface area contributed by atoms with Crippen molar-refractivity contribution in [1.29, 1.82) is 0 Å². The van der Waals surface area contributed by atoms with Gasteiger partial charge in [-0.1, -0.05) is 74.9 Å². The molecule has 9 heteroatoms. The average molecular weight is 636 g/mol. The molecule has 44 heavy (non-hydrogen) atoms. The molecular formula is C35H42ClN3O4S. The molecule has 3 saturated heterocycles. The van der Waals surface area contributed by atoms with Gasteiger partial charge in [-0.2, -0.15) is 0 Å². The van der Waals surface area contributed by atoms with E-state index in [1.165, 1.54) is 0 Å². The predicted octanol–water partition coefficient (Wildman–Crippen LogP) is 5.74. The van der Waals surface area contributed by atoms with Crippen molar-refractivity contribution in [3.8, 4) is 0 Å². The lowest BCUT2D eigenvalue weighted by Gasteiger charge is -2.43. The molecule has 7 nitrogen and oxygen atoms in total. The topological polar surface area (TPSA) is 81.2 Å². The van der Waals surface area contributed by atoms with Crippen molar-refractivity contribution in [2.45, 2.75) is 56.2 Å². The summed E-state index contributed by atoms with van der Waals surface area (Å²) in [7, 11) is 0. The molecule has 234 valence electrons. The van der Waals surface area contributed by atoms with Crippen LogP contribution in [0.15, 0.2) is 73.8 Å². The molecule has 0 saturated carbocycles. The van der Waals surface area contributed by atoms with Crippen LogP contribution in [0.5, 0.6) is 0 Å². The van der Waals surface area contributed by atoms with Crippen molar-refractivity contribution in [3.63, 3.8) is 0 Å². The number of rotatable bonds is 11. The Kier molecular flexibility index (Phi) is 9.36. The lowest BCUT2D eigenvalue weighted by Crippen LogP contribution is -2.60. The third-order valence-corrected chi connectivity index (χ3v) is 12.1. The summed E-state index contributed by atoms with van der Waals surface area (Å²) in [5.41, 5.74) is 2.15. The SMILES string of the molecule is C=CCN(C(=O)[C@@H]1[C@@H]2CC(C)C3(S2)C(C(=O)N(CC=C)c2c(C)cccc2Cl)N([C@@H](CO)C(C)C)C(=O)[C@H]13)c1ccccc1. The molecule has 2 aromatic rings. The predicted molar refractivity (Wildman–Crippen MR) is 179 cm³/mol. The Labute approximate surface area is 269 Å². The summed E-state index contributed by atoms with van der Waals surface area (Å²) in [6.07, 6.45) is 4.06. The van der Waals surface area contributed by atoms with Gasteiger partial charge < -0.3 is 19.8 Å². The van der Waals surface area contributed by atoms with Crippen LogP contribution in [0.4, 0.5) is 11.4 Å². The number of fused-ring (bicyclic) bond motifs is 1. The average Bonchev–Trinajstić information content (AvgIpc) is 3.59. The number of carbonyl (C=O) groups excluding carboxylic acids is 3. The third-order valence-electron chi connectivity index (χ3n) is 9.70. The Morgan fingerprint density at radius 2 is 1.75 bits per heavy atom. The smallest absolute Gasteiger partial charge is 0.251 e. The van der Waals surface area contributed by atoms with Crippen molar-refractivity contribution in [2.24, 2.45) is 23.7 Å². The van der Waals surface area contributed by atoms with Gasteiger partial charge in [0.25, 0.3) is 5.91 Å². The van der Waals surface area contributed by atoms with Crippen molar-refractivity contribution in [2.75, 3.05) is 29.5 Å². The van der Waals surface area contributed by atoms with E-state index in [0.29, 0.717) is 23.7 Å². The first-order chi connectivity index (χ1) is 21.0. The Bertz CT molecular complexity index is 1430. The van der Waals surface area contributed by atoms with Gasteiger partial charge in [-0.3, -0.25) is 14.4 Å². The van der Waals surface area contributed by atoms with Crippen LogP contribution in [-0.4, -0.2) is 69.5 Å². The Hall–Kier alpha value is -3.07. The van der Waals surface area contributed by atoms with Gasteiger partial charge in [0.05, 0.1) is 39.9 Å². The van der Waals surface area contributed by atoms with Gasteiger partial charge in [0.2, 0.25) is 11.8 Å². The van der Waals surface area contributed by atoms with Gasteiger partial charge in [-0.15, -0.1) is 24.9 Å². The number of benzene rings is 2. The minimum Gasteiger partial charge on any atom is -0.394 e. The molecule has 0 aromatic heterocycles. The lowest BCUT2D eigenvalue weighted by atomic mass is 9.65. The van der Waals surface area contributed by atoms with Crippen LogP contribution in [0, 0.1) is 30.6 Å². The van der Waals surface area contributed by atoms with Crippen molar-refractivity contribution in [1.82, 2.24) is 4.90 Å². The maximum atomic E-state index is 15.1. The second kappa shape index (κ2) is 12.7. The molecular weight excluding hydrogens is 594 g/mol. The fourth-order valence-electron chi connectivity index (χ4n) is 7.77. The number of hydrogen-bond donors (Lipinski definition) is 1. The van der Waals surface area contributed by atoms with E-state index in [1.54, 1.807) is 44.7 Å². The normalized spacial score (nSPS) is 27.8. The molecule has 2 aromatic carbocycles. The molecule has 3 aliphatic rings. The number of likely N-dealkylation sites (tertiary alicyclic amines) is 1. The number of thioether (sulfide) groups is 1. The summed E-state index contributed by atoms with van der Waals surface area (Å²) < 4.78 is -0.855. The van der Waals surface area contributed by atoms with Gasteiger partial charge in [0.1, 0.15) is 6.04 Å². The number of nitrogens with zero attached hydrogens (tertiary/aromatic N) is 3. The molecule has 3 amide bonds.